The molecule has 106 valence electrons. The first-order chi connectivity index (χ1) is 9.42. The average Bonchev–Trinajstić information content (AvgIpc) is 2.41. The molecule has 0 bridgehead atoms. The van der Waals surface area contributed by atoms with E-state index in [4.69, 9.17) is 5.26 Å². The minimum atomic E-state index is -3.41. The molecule has 0 radical (unpaired) electrons. The molecule has 2 rings (SSSR count). The third kappa shape index (κ3) is 3.47. The van der Waals surface area contributed by atoms with E-state index in [9.17, 15) is 13.2 Å². The second-order valence-corrected chi connectivity index (χ2v) is 7.91. The maximum atomic E-state index is 12.4. The number of carbonyl (C=O) groups excluding carboxylic acids is 1. The Morgan fingerprint density at radius 2 is 1.95 bits per heavy atom. The van der Waals surface area contributed by atoms with E-state index in [1.165, 1.54) is 12.1 Å². The van der Waals surface area contributed by atoms with Gasteiger partial charge in [-0.15, -0.1) is 0 Å². The van der Waals surface area contributed by atoms with Crippen molar-refractivity contribution < 1.29 is 13.2 Å². The van der Waals surface area contributed by atoms with Crippen LogP contribution >= 0.6 is 15.9 Å². The van der Waals surface area contributed by atoms with Crippen molar-refractivity contribution in [2.75, 3.05) is 5.75 Å². The zero-order valence-corrected chi connectivity index (χ0v) is 13.2. The first kappa shape index (κ1) is 15.2. The van der Waals surface area contributed by atoms with Gasteiger partial charge < -0.3 is 0 Å². The van der Waals surface area contributed by atoms with E-state index < -0.39 is 9.84 Å². The second kappa shape index (κ2) is 6.06. The molecule has 0 aliphatic heterocycles. The van der Waals surface area contributed by atoms with Crippen molar-refractivity contribution in [1.82, 2.24) is 0 Å². The second-order valence-electron chi connectivity index (χ2n) is 5.02. The number of rotatable bonds is 3. The summed E-state index contributed by atoms with van der Waals surface area (Å²) in [5.41, 5.74) is 0.310. The first-order valence-electron chi connectivity index (χ1n) is 6.36. The summed E-state index contributed by atoms with van der Waals surface area (Å²) in [6.45, 7) is 0. The summed E-state index contributed by atoms with van der Waals surface area (Å²) in [4.78, 5) is 11.3. The number of ketones is 1. The van der Waals surface area contributed by atoms with Gasteiger partial charge in [-0.05, 0) is 52.9 Å². The summed E-state index contributed by atoms with van der Waals surface area (Å²) in [6, 6.07) is 6.44. The van der Waals surface area contributed by atoms with Gasteiger partial charge in [-0.1, -0.05) is 0 Å². The van der Waals surface area contributed by atoms with E-state index in [1.54, 1.807) is 6.07 Å². The van der Waals surface area contributed by atoms with Crippen LogP contribution in [0.15, 0.2) is 27.6 Å². The number of hydrogen-bond donors (Lipinski definition) is 0. The number of halogens is 1. The number of carbonyl (C=O) groups is 1. The minimum Gasteiger partial charge on any atom is -0.300 e. The van der Waals surface area contributed by atoms with E-state index in [1.807, 2.05) is 6.07 Å². The average molecular weight is 356 g/mol. The minimum absolute atomic E-state index is 0.0342. The molecule has 1 aliphatic carbocycles. The van der Waals surface area contributed by atoms with Crippen molar-refractivity contribution in [3.63, 3.8) is 0 Å². The van der Waals surface area contributed by atoms with Gasteiger partial charge >= 0.3 is 0 Å². The summed E-state index contributed by atoms with van der Waals surface area (Å²) in [7, 11) is -3.41. The van der Waals surface area contributed by atoms with Crippen molar-refractivity contribution in [3.8, 4) is 6.07 Å². The monoisotopic (exact) mass is 355 g/mol. The fourth-order valence-electron chi connectivity index (χ4n) is 2.36. The van der Waals surface area contributed by atoms with Crippen LogP contribution in [0.4, 0.5) is 0 Å². The highest BCUT2D eigenvalue weighted by atomic mass is 79.9. The lowest BCUT2D eigenvalue weighted by Crippen LogP contribution is -2.22. The van der Waals surface area contributed by atoms with Crippen LogP contribution in [0.1, 0.15) is 31.2 Å². The van der Waals surface area contributed by atoms with E-state index in [0.29, 0.717) is 35.7 Å². The molecule has 0 spiro atoms. The number of sulfone groups is 1. The van der Waals surface area contributed by atoms with Gasteiger partial charge in [-0.2, -0.15) is 5.26 Å². The molecule has 1 saturated carbocycles. The third-order valence-electron chi connectivity index (χ3n) is 3.54. The molecular formula is C14H14BrNO3S. The van der Waals surface area contributed by atoms with Crippen LogP contribution in [0.2, 0.25) is 0 Å². The molecule has 1 aliphatic rings. The van der Waals surface area contributed by atoms with Crippen LogP contribution in [-0.2, 0) is 14.6 Å². The predicted octanol–water partition coefficient (Wildman–Crippen LogP) is 2.85. The topological polar surface area (TPSA) is 75.0 Å². The Bertz CT molecular complexity index is 666. The van der Waals surface area contributed by atoms with E-state index >= 15 is 0 Å². The molecule has 0 unspecified atom stereocenters. The zero-order chi connectivity index (χ0) is 14.8. The quantitative estimate of drug-likeness (QED) is 0.835. The van der Waals surface area contributed by atoms with Gasteiger partial charge in [0.05, 0.1) is 16.2 Å². The van der Waals surface area contributed by atoms with Crippen LogP contribution in [0.3, 0.4) is 0 Å². The van der Waals surface area contributed by atoms with Gasteiger partial charge in [0.1, 0.15) is 11.9 Å². The van der Waals surface area contributed by atoms with E-state index in [2.05, 4.69) is 15.9 Å². The van der Waals surface area contributed by atoms with Crippen LogP contribution in [0, 0.1) is 17.2 Å². The van der Waals surface area contributed by atoms with E-state index in [-0.39, 0.29) is 22.3 Å². The van der Waals surface area contributed by atoms with Crippen molar-refractivity contribution in [3.05, 3.63) is 28.2 Å². The lowest BCUT2D eigenvalue weighted by molar-refractivity contribution is -0.120. The van der Waals surface area contributed by atoms with Gasteiger partial charge in [0.25, 0.3) is 0 Å². The summed E-state index contributed by atoms with van der Waals surface area (Å²) in [5, 5.41) is 8.95. The standard InChI is InChI=1S/C14H14BrNO3S/c15-14-6-5-13(7-11(14)8-16)20(18,19)9-10-1-3-12(17)4-2-10/h5-7,10H,1-4,9H2. The number of Topliss-reactive ketones (excluding diaryl/α,β-unsaturated/α-hetero) is 1. The fourth-order valence-corrected chi connectivity index (χ4v) is 4.41. The molecule has 0 heterocycles. The highest BCUT2D eigenvalue weighted by Crippen LogP contribution is 2.27. The number of nitrogens with zero attached hydrogens (tertiary/aromatic N) is 1. The van der Waals surface area contributed by atoms with Gasteiger partial charge in [0.2, 0.25) is 0 Å². The molecule has 6 heteroatoms. The molecule has 4 nitrogen and oxygen atoms in total. The third-order valence-corrected chi connectivity index (χ3v) is 6.11. The Labute approximate surface area is 126 Å². The van der Waals surface area contributed by atoms with Crippen molar-refractivity contribution in [2.24, 2.45) is 5.92 Å². The summed E-state index contributed by atoms with van der Waals surface area (Å²) in [5.74, 6) is 0.299. The van der Waals surface area contributed by atoms with Gasteiger partial charge in [-0.25, -0.2) is 8.42 Å². The maximum absolute atomic E-state index is 12.4. The largest absolute Gasteiger partial charge is 0.300 e. The Hall–Kier alpha value is -1.19. The Balaban J connectivity index is 2.18. The predicted molar refractivity (Wildman–Crippen MR) is 77.9 cm³/mol. The van der Waals surface area contributed by atoms with Crippen molar-refractivity contribution in [2.45, 2.75) is 30.6 Å². The van der Waals surface area contributed by atoms with Gasteiger partial charge in [0, 0.05) is 17.3 Å². The molecule has 0 amide bonds. The molecule has 0 atom stereocenters. The molecule has 20 heavy (non-hydrogen) atoms. The molecule has 0 aromatic heterocycles. The van der Waals surface area contributed by atoms with Gasteiger partial charge in [0.15, 0.2) is 9.84 Å². The summed E-state index contributed by atoms with van der Waals surface area (Å²) >= 11 is 3.21. The Morgan fingerprint density at radius 1 is 1.30 bits per heavy atom. The molecule has 0 N–H and O–H groups in total. The number of hydrogen-bond acceptors (Lipinski definition) is 4. The zero-order valence-electron chi connectivity index (χ0n) is 10.8. The highest BCUT2D eigenvalue weighted by molar-refractivity contribution is 9.10. The molecule has 1 fully saturated rings. The summed E-state index contributed by atoms with van der Waals surface area (Å²) < 4.78 is 25.3. The molecular weight excluding hydrogens is 342 g/mol. The normalized spacial score (nSPS) is 16.9. The Kier molecular flexibility index (Phi) is 4.61. The maximum Gasteiger partial charge on any atom is 0.178 e. The molecule has 1 aromatic carbocycles. The summed E-state index contributed by atoms with van der Waals surface area (Å²) in [6.07, 6.45) is 2.23. The van der Waals surface area contributed by atoms with Crippen molar-refractivity contribution in [1.29, 1.82) is 5.26 Å². The van der Waals surface area contributed by atoms with Crippen LogP contribution < -0.4 is 0 Å². The van der Waals surface area contributed by atoms with Gasteiger partial charge in [-0.3, -0.25) is 4.79 Å². The van der Waals surface area contributed by atoms with E-state index in [0.717, 1.165) is 0 Å². The highest BCUT2D eigenvalue weighted by Gasteiger charge is 2.25. The molecule has 0 saturated heterocycles. The number of nitriles is 1. The van der Waals surface area contributed by atoms with Crippen molar-refractivity contribution >= 4 is 31.6 Å². The smallest absolute Gasteiger partial charge is 0.178 e. The van der Waals surface area contributed by atoms with Crippen LogP contribution in [0.5, 0.6) is 0 Å². The first-order valence-corrected chi connectivity index (χ1v) is 8.81. The SMILES string of the molecule is N#Cc1cc(S(=O)(=O)CC2CCC(=O)CC2)ccc1Br. The lowest BCUT2D eigenvalue weighted by atomic mass is 9.90. The number of benzene rings is 1. The molecule has 1 aromatic rings. The van der Waals surface area contributed by atoms with Crippen LogP contribution in [-0.4, -0.2) is 20.0 Å². The fraction of sp³-hybridized carbons (Fsp3) is 0.429. The Morgan fingerprint density at radius 3 is 2.55 bits per heavy atom. The lowest BCUT2D eigenvalue weighted by Gasteiger charge is -2.20. The van der Waals surface area contributed by atoms with Crippen LogP contribution in [0.25, 0.3) is 0 Å².